The highest BCUT2D eigenvalue weighted by Crippen LogP contribution is 2.24. The van der Waals surface area contributed by atoms with Crippen molar-refractivity contribution in [1.29, 1.82) is 0 Å². The Balaban J connectivity index is 2.36. The second kappa shape index (κ2) is 8.62. The van der Waals surface area contributed by atoms with E-state index >= 15 is 0 Å². The summed E-state index contributed by atoms with van der Waals surface area (Å²) in [4.78, 5) is 12.6. The maximum Gasteiger partial charge on any atom is 0.339 e. The summed E-state index contributed by atoms with van der Waals surface area (Å²) in [5.41, 5.74) is 2.34. The first-order valence-electron chi connectivity index (χ1n) is 7.74. The summed E-state index contributed by atoms with van der Waals surface area (Å²) in [5.74, 6) is -0.505. The molecule has 0 spiro atoms. The number of halogens is 1. The standard InChI is InChI=1S/C19H19BrO5S/c1-13-4-8-15(9-5-13)19(21)18(20)17(12-24-3)25-26(22,23)16-10-6-14(2)7-11-16/h4-11H,12H2,1-3H3/b18-17+. The van der Waals surface area contributed by atoms with Gasteiger partial charge in [0, 0.05) is 12.7 Å². The quantitative estimate of drug-likeness (QED) is 0.281. The van der Waals surface area contributed by atoms with Crippen LogP contribution in [0.3, 0.4) is 0 Å². The lowest BCUT2D eigenvalue weighted by atomic mass is 10.1. The van der Waals surface area contributed by atoms with Gasteiger partial charge in [-0.15, -0.1) is 0 Å². The van der Waals surface area contributed by atoms with Crippen LogP contribution in [-0.2, 0) is 19.0 Å². The minimum absolute atomic E-state index is 0.000196. The van der Waals surface area contributed by atoms with Gasteiger partial charge in [0.15, 0.2) is 5.76 Å². The fourth-order valence-corrected chi connectivity index (χ4v) is 3.59. The van der Waals surface area contributed by atoms with Gasteiger partial charge in [0.05, 0.1) is 0 Å². The number of Topliss-reactive ketones (excluding diaryl/α,β-unsaturated/α-hetero) is 1. The van der Waals surface area contributed by atoms with Gasteiger partial charge in [-0.3, -0.25) is 4.79 Å². The Morgan fingerprint density at radius 1 is 0.962 bits per heavy atom. The highest BCUT2D eigenvalue weighted by molar-refractivity contribution is 9.12. The van der Waals surface area contributed by atoms with E-state index in [2.05, 4.69) is 15.9 Å². The molecule has 0 radical (unpaired) electrons. The van der Waals surface area contributed by atoms with Crippen LogP contribution < -0.4 is 0 Å². The molecule has 0 fully saturated rings. The molecule has 0 atom stereocenters. The predicted molar refractivity (Wildman–Crippen MR) is 103 cm³/mol. The molecule has 0 saturated carbocycles. The monoisotopic (exact) mass is 438 g/mol. The van der Waals surface area contributed by atoms with E-state index < -0.39 is 15.9 Å². The Morgan fingerprint density at radius 3 is 1.96 bits per heavy atom. The van der Waals surface area contributed by atoms with Crippen LogP contribution in [0.25, 0.3) is 0 Å². The van der Waals surface area contributed by atoms with Crippen molar-refractivity contribution >= 4 is 31.8 Å². The lowest BCUT2D eigenvalue weighted by Crippen LogP contribution is -2.13. The molecular weight excluding hydrogens is 420 g/mol. The Kier molecular flexibility index (Phi) is 6.75. The number of hydrogen-bond acceptors (Lipinski definition) is 5. The summed E-state index contributed by atoms with van der Waals surface area (Å²) >= 11 is 3.16. The van der Waals surface area contributed by atoms with Crippen LogP contribution in [0, 0.1) is 13.8 Å². The number of benzene rings is 2. The molecule has 0 unspecified atom stereocenters. The fraction of sp³-hybridized carbons (Fsp3) is 0.211. The molecule has 0 heterocycles. The van der Waals surface area contributed by atoms with E-state index in [9.17, 15) is 13.2 Å². The van der Waals surface area contributed by atoms with Crippen molar-refractivity contribution in [2.24, 2.45) is 0 Å². The average molecular weight is 439 g/mol. The number of rotatable bonds is 7. The van der Waals surface area contributed by atoms with Crippen molar-refractivity contribution in [3.8, 4) is 0 Å². The highest BCUT2D eigenvalue weighted by Gasteiger charge is 2.23. The van der Waals surface area contributed by atoms with Crippen LogP contribution >= 0.6 is 15.9 Å². The maximum atomic E-state index is 12.6. The number of carbonyl (C=O) groups excluding carboxylic acids is 1. The Morgan fingerprint density at radius 2 is 1.46 bits per heavy atom. The number of ether oxygens (including phenoxy) is 1. The largest absolute Gasteiger partial charge is 0.380 e. The van der Waals surface area contributed by atoms with Crippen molar-refractivity contribution in [2.75, 3.05) is 13.7 Å². The molecule has 0 aliphatic heterocycles. The van der Waals surface area contributed by atoms with Crippen LogP contribution in [0.1, 0.15) is 21.5 Å². The van der Waals surface area contributed by atoms with E-state index in [1.54, 1.807) is 36.4 Å². The van der Waals surface area contributed by atoms with E-state index in [4.69, 9.17) is 8.92 Å². The Hall–Kier alpha value is -1.96. The molecular formula is C19H19BrO5S. The van der Waals surface area contributed by atoms with Crippen molar-refractivity contribution in [3.05, 3.63) is 75.5 Å². The smallest absolute Gasteiger partial charge is 0.339 e. The minimum Gasteiger partial charge on any atom is -0.380 e. The molecule has 0 amide bonds. The van der Waals surface area contributed by atoms with Crippen LogP contribution in [-0.4, -0.2) is 27.9 Å². The second-order valence-electron chi connectivity index (χ2n) is 5.72. The molecule has 0 aliphatic rings. The molecule has 2 aromatic carbocycles. The normalized spacial score (nSPS) is 12.5. The van der Waals surface area contributed by atoms with E-state index in [0.29, 0.717) is 5.56 Å². The Labute approximate surface area is 161 Å². The summed E-state index contributed by atoms with van der Waals surface area (Å²) in [6, 6.07) is 13.2. The Bertz CT molecular complexity index is 913. The summed E-state index contributed by atoms with van der Waals surface area (Å²) in [6.07, 6.45) is 0. The molecule has 0 N–H and O–H groups in total. The molecule has 5 nitrogen and oxygen atoms in total. The van der Waals surface area contributed by atoms with Gasteiger partial charge in [-0.25, -0.2) is 0 Å². The van der Waals surface area contributed by atoms with Gasteiger partial charge in [0.1, 0.15) is 16.0 Å². The van der Waals surface area contributed by atoms with Crippen LogP contribution in [0.2, 0.25) is 0 Å². The van der Waals surface area contributed by atoms with Gasteiger partial charge in [0.25, 0.3) is 0 Å². The molecule has 0 aliphatic carbocycles. The molecule has 0 aromatic heterocycles. The van der Waals surface area contributed by atoms with Crippen LogP contribution in [0.15, 0.2) is 63.7 Å². The molecule has 138 valence electrons. The zero-order valence-corrected chi connectivity index (χ0v) is 17.1. The number of ketones is 1. The number of carbonyl (C=O) groups is 1. The molecule has 2 aromatic rings. The predicted octanol–water partition coefficient (Wildman–Crippen LogP) is 4.14. The van der Waals surface area contributed by atoms with Crippen molar-refractivity contribution in [3.63, 3.8) is 0 Å². The van der Waals surface area contributed by atoms with Crippen LogP contribution in [0.5, 0.6) is 0 Å². The molecule has 0 bridgehead atoms. The third kappa shape index (κ3) is 5.03. The van der Waals surface area contributed by atoms with Gasteiger partial charge in [-0.2, -0.15) is 8.42 Å². The van der Waals surface area contributed by atoms with Crippen LogP contribution in [0.4, 0.5) is 0 Å². The summed E-state index contributed by atoms with van der Waals surface area (Å²) < 4.78 is 35.2. The molecule has 26 heavy (non-hydrogen) atoms. The zero-order chi connectivity index (χ0) is 19.3. The summed E-state index contributed by atoms with van der Waals surface area (Å²) in [7, 11) is -2.70. The number of methoxy groups -OCH3 is 1. The first kappa shape index (κ1) is 20.4. The third-order valence-electron chi connectivity index (χ3n) is 3.55. The lowest BCUT2D eigenvalue weighted by molar-refractivity contribution is 0.103. The van der Waals surface area contributed by atoms with Gasteiger partial charge in [-0.1, -0.05) is 47.5 Å². The van der Waals surface area contributed by atoms with Crippen molar-refractivity contribution in [2.45, 2.75) is 18.7 Å². The SMILES string of the molecule is COC/C(OS(=O)(=O)c1ccc(C)cc1)=C(\Br)C(=O)c1ccc(C)cc1. The molecule has 7 heteroatoms. The first-order chi connectivity index (χ1) is 12.2. The number of aryl methyl sites for hydroxylation is 2. The molecule has 2 rings (SSSR count). The zero-order valence-electron chi connectivity index (χ0n) is 14.7. The molecule has 0 saturated heterocycles. The first-order valence-corrected chi connectivity index (χ1v) is 9.95. The second-order valence-corrected chi connectivity index (χ2v) is 8.06. The summed E-state index contributed by atoms with van der Waals surface area (Å²) in [5, 5.41) is 0. The van der Waals surface area contributed by atoms with Gasteiger partial charge >= 0.3 is 10.1 Å². The van der Waals surface area contributed by atoms with Gasteiger partial charge in [0.2, 0.25) is 5.78 Å². The fourth-order valence-electron chi connectivity index (χ4n) is 2.10. The third-order valence-corrected chi connectivity index (χ3v) is 5.63. The number of allylic oxidation sites excluding steroid dienone is 1. The van der Waals surface area contributed by atoms with Gasteiger partial charge < -0.3 is 8.92 Å². The maximum absolute atomic E-state index is 12.6. The van der Waals surface area contributed by atoms with E-state index in [0.717, 1.165) is 11.1 Å². The minimum atomic E-state index is -4.09. The van der Waals surface area contributed by atoms with Crippen molar-refractivity contribution < 1.29 is 22.1 Å². The van der Waals surface area contributed by atoms with Crippen molar-refractivity contribution in [1.82, 2.24) is 0 Å². The van der Waals surface area contributed by atoms with E-state index in [1.165, 1.54) is 19.2 Å². The van der Waals surface area contributed by atoms with Gasteiger partial charge in [-0.05, 0) is 41.9 Å². The topological polar surface area (TPSA) is 69.7 Å². The average Bonchev–Trinajstić information content (AvgIpc) is 2.61. The highest BCUT2D eigenvalue weighted by atomic mass is 79.9. The lowest BCUT2D eigenvalue weighted by Gasteiger charge is -2.12. The van der Waals surface area contributed by atoms with E-state index in [-0.39, 0.29) is 21.7 Å². The van der Waals surface area contributed by atoms with E-state index in [1.807, 2.05) is 13.8 Å². The summed E-state index contributed by atoms with van der Waals surface area (Å²) in [6.45, 7) is 3.58. The number of hydrogen-bond donors (Lipinski definition) is 0.